The summed E-state index contributed by atoms with van der Waals surface area (Å²) in [5.74, 6) is 0.661. The molecule has 0 aliphatic carbocycles. The molecular weight excluding hydrogens is 272 g/mol. The highest BCUT2D eigenvalue weighted by molar-refractivity contribution is 7.09. The molecule has 2 aromatic heterocycles. The van der Waals surface area contributed by atoms with E-state index in [4.69, 9.17) is 0 Å². The van der Waals surface area contributed by atoms with E-state index in [1.165, 1.54) is 6.07 Å². The van der Waals surface area contributed by atoms with Gasteiger partial charge in [-0.15, -0.1) is 11.3 Å². The van der Waals surface area contributed by atoms with Crippen LogP contribution in [0.15, 0.2) is 16.2 Å². The minimum absolute atomic E-state index is 0.00350. The number of hydrogen-bond acceptors (Lipinski definition) is 5. The number of hydrogen-bond donors (Lipinski definition) is 2. The van der Waals surface area contributed by atoms with E-state index in [2.05, 4.69) is 41.0 Å². The van der Waals surface area contributed by atoms with Crippen LogP contribution in [0, 0.1) is 6.92 Å². The van der Waals surface area contributed by atoms with E-state index in [0.717, 1.165) is 16.4 Å². The van der Waals surface area contributed by atoms with Crippen LogP contribution in [0.2, 0.25) is 0 Å². The molecule has 0 aliphatic rings. The first kappa shape index (κ1) is 14.9. The summed E-state index contributed by atoms with van der Waals surface area (Å²) in [6.07, 6.45) is 0.558. The average Bonchev–Trinajstić information content (AvgIpc) is 2.70. The molecule has 0 bridgehead atoms. The van der Waals surface area contributed by atoms with Crippen molar-refractivity contribution in [3.63, 3.8) is 0 Å². The predicted molar refractivity (Wildman–Crippen MR) is 81.1 cm³/mol. The minimum Gasteiger partial charge on any atom is -0.310 e. The van der Waals surface area contributed by atoms with E-state index in [1.807, 2.05) is 12.3 Å². The van der Waals surface area contributed by atoms with Crippen LogP contribution >= 0.6 is 11.3 Å². The third-order valence-corrected chi connectivity index (χ3v) is 3.48. The molecule has 2 heterocycles. The monoisotopic (exact) mass is 292 g/mol. The summed E-state index contributed by atoms with van der Waals surface area (Å²) in [7, 11) is 0. The lowest BCUT2D eigenvalue weighted by molar-refractivity contribution is 0.420. The van der Waals surface area contributed by atoms with Gasteiger partial charge in [-0.25, -0.2) is 9.97 Å². The van der Waals surface area contributed by atoms with Crippen molar-refractivity contribution in [3.8, 4) is 0 Å². The molecule has 2 N–H and O–H groups in total. The summed E-state index contributed by atoms with van der Waals surface area (Å²) in [5, 5.41) is 6.35. The van der Waals surface area contributed by atoms with Crippen LogP contribution < -0.4 is 10.9 Å². The van der Waals surface area contributed by atoms with E-state index in [0.29, 0.717) is 18.8 Å². The van der Waals surface area contributed by atoms with Crippen LogP contribution in [0.3, 0.4) is 0 Å². The summed E-state index contributed by atoms with van der Waals surface area (Å²) in [4.78, 5) is 23.3. The molecule has 0 aromatic carbocycles. The van der Waals surface area contributed by atoms with Crippen molar-refractivity contribution in [1.29, 1.82) is 0 Å². The van der Waals surface area contributed by atoms with Gasteiger partial charge in [0.25, 0.3) is 5.56 Å². The predicted octanol–water partition coefficient (Wildman–Crippen LogP) is 2.01. The molecule has 0 saturated heterocycles. The Morgan fingerprint density at radius 1 is 1.30 bits per heavy atom. The summed E-state index contributed by atoms with van der Waals surface area (Å²) in [6, 6.07) is 1.54. The number of rotatable bonds is 4. The zero-order valence-corrected chi connectivity index (χ0v) is 13.1. The van der Waals surface area contributed by atoms with Gasteiger partial charge in [0.1, 0.15) is 5.82 Å². The van der Waals surface area contributed by atoms with Crippen LogP contribution in [-0.4, -0.2) is 20.5 Å². The highest BCUT2D eigenvalue weighted by Gasteiger charge is 2.10. The molecule has 2 rings (SSSR count). The average molecular weight is 292 g/mol. The Morgan fingerprint density at radius 2 is 2.05 bits per heavy atom. The van der Waals surface area contributed by atoms with Crippen molar-refractivity contribution < 1.29 is 0 Å². The van der Waals surface area contributed by atoms with Crippen LogP contribution in [0.4, 0.5) is 0 Å². The van der Waals surface area contributed by atoms with Crippen LogP contribution in [0.1, 0.15) is 43.0 Å². The molecule has 0 aliphatic heterocycles. The molecule has 2 aromatic rings. The molecule has 5 nitrogen and oxygen atoms in total. The number of aromatic amines is 1. The van der Waals surface area contributed by atoms with Gasteiger partial charge in [0.2, 0.25) is 0 Å². The maximum Gasteiger partial charge on any atom is 0.251 e. The Kier molecular flexibility index (Phi) is 4.35. The Morgan fingerprint density at radius 3 is 2.65 bits per heavy atom. The lowest BCUT2D eigenvalue weighted by atomic mass is 10.1. The molecule has 0 saturated carbocycles. The second-order valence-corrected chi connectivity index (χ2v) is 6.88. The maximum atomic E-state index is 11.7. The molecule has 108 valence electrons. The molecule has 0 fully saturated rings. The van der Waals surface area contributed by atoms with E-state index in [-0.39, 0.29) is 11.1 Å². The molecule has 0 spiro atoms. The van der Waals surface area contributed by atoms with Gasteiger partial charge in [-0.2, -0.15) is 0 Å². The third kappa shape index (κ3) is 4.54. The first-order chi connectivity index (χ1) is 9.32. The zero-order chi connectivity index (χ0) is 14.8. The summed E-state index contributed by atoms with van der Waals surface area (Å²) in [5.41, 5.74) is 1.58. The number of nitrogens with one attached hydrogen (secondary N) is 2. The lowest BCUT2D eigenvalue weighted by Gasteiger charge is -2.20. The van der Waals surface area contributed by atoms with Gasteiger partial charge in [-0.05, 0) is 27.7 Å². The van der Waals surface area contributed by atoms with Gasteiger partial charge in [-0.3, -0.25) is 4.79 Å². The largest absolute Gasteiger partial charge is 0.310 e. The smallest absolute Gasteiger partial charge is 0.251 e. The Bertz CT molecular complexity index is 639. The fourth-order valence-electron chi connectivity index (χ4n) is 1.75. The zero-order valence-electron chi connectivity index (χ0n) is 12.3. The maximum absolute atomic E-state index is 11.7. The van der Waals surface area contributed by atoms with Crippen molar-refractivity contribution in [2.45, 2.75) is 46.2 Å². The highest BCUT2D eigenvalue weighted by Crippen LogP contribution is 2.10. The first-order valence-corrected chi connectivity index (χ1v) is 7.45. The Labute approximate surface area is 122 Å². The normalized spacial score (nSPS) is 11.8. The van der Waals surface area contributed by atoms with Gasteiger partial charge in [0.05, 0.1) is 16.4 Å². The SMILES string of the molecule is Cc1nc(Cc2nc(CNC(C)(C)C)cc(=O)[nH]2)cs1. The molecular formula is C14H20N4OS. The van der Waals surface area contributed by atoms with Crippen molar-refractivity contribution in [2.75, 3.05) is 0 Å². The summed E-state index contributed by atoms with van der Waals surface area (Å²) >= 11 is 1.60. The van der Waals surface area contributed by atoms with E-state index in [1.54, 1.807) is 11.3 Å². The second kappa shape index (κ2) is 5.85. The number of H-pyrrole nitrogens is 1. The van der Waals surface area contributed by atoms with Crippen LogP contribution in [0.5, 0.6) is 0 Å². The van der Waals surface area contributed by atoms with E-state index in [9.17, 15) is 4.79 Å². The molecule has 0 atom stereocenters. The molecule has 20 heavy (non-hydrogen) atoms. The van der Waals surface area contributed by atoms with Gasteiger partial charge >= 0.3 is 0 Å². The highest BCUT2D eigenvalue weighted by atomic mass is 32.1. The van der Waals surface area contributed by atoms with Gasteiger partial charge < -0.3 is 10.3 Å². The lowest BCUT2D eigenvalue weighted by Crippen LogP contribution is -2.35. The third-order valence-electron chi connectivity index (χ3n) is 2.66. The van der Waals surface area contributed by atoms with Gasteiger partial charge in [0.15, 0.2) is 0 Å². The quantitative estimate of drug-likeness (QED) is 0.904. The Balaban J connectivity index is 2.14. The van der Waals surface area contributed by atoms with Crippen molar-refractivity contribution >= 4 is 11.3 Å². The number of nitrogens with zero attached hydrogens (tertiary/aromatic N) is 2. The number of aryl methyl sites for hydroxylation is 1. The van der Waals surface area contributed by atoms with Gasteiger partial charge in [-0.1, -0.05) is 0 Å². The first-order valence-electron chi connectivity index (χ1n) is 6.57. The van der Waals surface area contributed by atoms with E-state index >= 15 is 0 Å². The van der Waals surface area contributed by atoms with E-state index < -0.39 is 0 Å². The second-order valence-electron chi connectivity index (χ2n) is 5.82. The minimum atomic E-state index is -0.118. The van der Waals surface area contributed by atoms with Gasteiger partial charge in [0, 0.05) is 30.0 Å². The fraction of sp³-hybridized carbons (Fsp3) is 0.500. The van der Waals surface area contributed by atoms with Crippen molar-refractivity contribution in [2.24, 2.45) is 0 Å². The number of aromatic nitrogens is 3. The summed E-state index contributed by atoms with van der Waals surface area (Å²) in [6.45, 7) is 8.79. The number of thiazole rings is 1. The molecule has 0 radical (unpaired) electrons. The van der Waals surface area contributed by atoms with Crippen molar-refractivity contribution in [3.05, 3.63) is 44.0 Å². The fourth-order valence-corrected chi connectivity index (χ4v) is 2.37. The standard InChI is InChI=1S/C14H20N4OS/c1-9-16-11(8-20-9)5-12-17-10(6-13(19)18-12)7-15-14(2,3)4/h6,8,15H,5,7H2,1-4H3,(H,17,18,19). The molecule has 0 amide bonds. The molecule has 0 unspecified atom stereocenters. The Hall–Kier alpha value is -1.53. The van der Waals surface area contributed by atoms with Crippen LogP contribution in [-0.2, 0) is 13.0 Å². The van der Waals surface area contributed by atoms with Crippen LogP contribution in [0.25, 0.3) is 0 Å². The molecule has 6 heteroatoms. The van der Waals surface area contributed by atoms with Crippen molar-refractivity contribution in [1.82, 2.24) is 20.3 Å². The topological polar surface area (TPSA) is 70.7 Å². The summed E-state index contributed by atoms with van der Waals surface area (Å²) < 4.78 is 0.